The van der Waals surface area contributed by atoms with E-state index >= 15 is 0 Å². The first-order valence-corrected chi connectivity index (χ1v) is 3.79. The molecule has 0 atom stereocenters. The predicted octanol–water partition coefficient (Wildman–Crippen LogP) is 2.32. The van der Waals surface area contributed by atoms with Crippen molar-refractivity contribution in [2.75, 3.05) is 0 Å². The molecule has 0 spiro atoms. The molecule has 2 rings (SSSR count). The van der Waals surface area contributed by atoms with Gasteiger partial charge >= 0.3 is 0 Å². The molecule has 2 heterocycles. The third-order valence-electron chi connectivity index (χ3n) is 2.13. The molecular formula is C9H9FN2. The van der Waals surface area contributed by atoms with E-state index in [1.165, 1.54) is 12.3 Å². The van der Waals surface area contributed by atoms with Crippen LogP contribution in [-0.2, 0) is 0 Å². The zero-order valence-electron chi connectivity index (χ0n) is 6.98. The summed E-state index contributed by atoms with van der Waals surface area (Å²) in [7, 11) is 0. The average molecular weight is 164 g/mol. The van der Waals surface area contributed by atoms with Crippen LogP contribution in [0.25, 0.3) is 11.0 Å². The van der Waals surface area contributed by atoms with Crippen molar-refractivity contribution in [3.05, 3.63) is 29.3 Å². The number of nitrogens with zero attached hydrogens (tertiary/aromatic N) is 1. The molecule has 0 bridgehead atoms. The minimum Gasteiger partial charge on any atom is -0.343 e. The van der Waals surface area contributed by atoms with Gasteiger partial charge in [-0.25, -0.2) is 9.37 Å². The van der Waals surface area contributed by atoms with Crippen molar-refractivity contribution in [2.45, 2.75) is 13.8 Å². The maximum absolute atomic E-state index is 12.7. The van der Waals surface area contributed by atoms with Crippen molar-refractivity contribution in [2.24, 2.45) is 0 Å². The third-order valence-corrected chi connectivity index (χ3v) is 2.13. The van der Waals surface area contributed by atoms with Gasteiger partial charge in [0.1, 0.15) is 11.5 Å². The lowest BCUT2D eigenvalue weighted by Crippen LogP contribution is -1.78. The number of pyridine rings is 1. The molecule has 0 radical (unpaired) electrons. The van der Waals surface area contributed by atoms with Crippen molar-refractivity contribution in [3.8, 4) is 0 Å². The Bertz CT molecular complexity index is 431. The van der Waals surface area contributed by atoms with Gasteiger partial charge in [0, 0.05) is 11.1 Å². The van der Waals surface area contributed by atoms with Crippen molar-refractivity contribution >= 4 is 11.0 Å². The van der Waals surface area contributed by atoms with Crippen molar-refractivity contribution in [3.63, 3.8) is 0 Å². The molecule has 0 fully saturated rings. The number of hydrogen-bond donors (Lipinski definition) is 1. The predicted molar refractivity (Wildman–Crippen MR) is 45.5 cm³/mol. The Morgan fingerprint density at radius 3 is 2.92 bits per heavy atom. The molecular weight excluding hydrogens is 155 g/mol. The monoisotopic (exact) mass is 164 g/mol. The first-order chi connectivity index (χ1) is 5.68. The van der Waals surface area contributed by atoms with Crippen molar-refractivity contribution in [1.29, 1.82) is 0 Å². The standard InChI is InChI=1S/C9H9FN2/c1-5-6(2)12-9-8(5)3-7(10)4-11-9/h3-4H,1-2H3,(H,11,12). The average Bonchev–Trinajstić information content (AvgIpc) is 2.31. The maximum Gasteiger partial charge on any atom is 0.142 e. The Hall–Kier alpha value is -1.38. The summed E-state index contributed by atoms with van der Waals surface area (Å²) in [6.45, 7) is 3.91. The Morgan fingerprint density at radius 2 is 2.17 bits per heavy atom. The van der Waals surface area contributed by atoms with E-state index in [0.29, 0.717) is 0 Å². The zero-order valence-corrected chi connectivity index (χ0v) is 6.98. The Morgan fingerprint density at radius 1 is 1.42 bits per heavy atom. The molecule has 2 aromatic heterocycles. The van der Waals surface area contributed by atoms with Crippen LogP contribution < -0.4 is 0 Å². The molecule has 0 aliphatic heterocycles. The van der Waals surface area contributed by atoms with Gasteiger partial charge in [0.2, 0.25) is 0 Å². The van der Waals surface area contributed by atoms with Gasteiger partial charge in [0.25, 0.3) is 0 Å². The van der Waals surface area contributed by atoms with Crippen LogP contribution in [0.5, 0.6) is 0 Å². The summed E-state index contributed by atoms with van der Waals surface area (Å²) in [5.74, 6) is -0.287. The largest absolute Gasteiger partial charge is 0.343 e. The molecule has 12 heavy (non-hydrogen) atoms. The molecule has 0 aromatic carbocycles. The fraction of sp³-hybridized carbons (Fsp3) is 0.222. The number of nitrogens with one attached hydrogen (secondary N) is 1. The SMILES string of the molecule is Cc1[nH]c2ncc(F)cc2c1C. The highest BCUT2D eigenvalue weighted by Gasteiger charge is 2.05. The highest BCUT2D eigenvalue weighted by molar-refractivity contribution is 5.80. The molecule has 62 valence electrons. The molecule has 2 nitrogen and oxygen atoms in total. The number of aryl methyl sites for hydroxylation is 2. The Labute approximate surface area is 69.4 Å². The highest BCUT2D eigenvalue weighted by Crippen LogP contribution is 2.19. The molecule has 2 aromatic rings. The van der Waals surface area contributed by atoms with Gasteiger partial charge in [-0.05, 0) is 25.5 Å². The van der Waals surface area contributed by atoms with Crippen LogP contribution in [0.4, 0.5) is 4.39 Å². The lowest BCUT2D eigenvalue weighted by Gasteiger charge is -1.90. The van der Waals surface area contributed by atoms with Crippen LogP contribution in [0.15, 0.2) is 12.3 Å². The van der Waals surface area contributed by atoms with E-state index in [-0.39, 0.29) is 5.82 Å². The normalized spacial score (nSPS) is 10.9. The van der Waals surface area contributed by atoms with E-state index in [2.05, 4.69) is 9.97 Å². The first kappa shape index (κ1) is 7.28. The van der Waals surface area contributed by atoms with Crippen LogP contribution in [0.1, 0.15) is 11.3 Å². The Balaban J connectivity index is 2.88. The van der Waals surface area contributed by atoms with E-state index < -0.39 is 0 Å². The van der Waals surface area contributed by atoms with E-state index in [0.717, 1.165) is 22.3 Å². The van der Waals surface area contributed by atoms with Crippen molar-refractivity contribution < 1.29 is 4.39 Å². The molecule has 0 aliphatic rings. The first-order valence-electron chi connectivity index (χ1n) is 3.79. The molecule has 0 unspecified atom stereocenters. The van der Waals surface area contributed by atoms with Crippen LogP contribution >= 0.6 is 0 Å². The lowest BCUT2D eigenvalue weighted by atomic mass is 10.2. The second-order valence-corrected chi connectivity index (χ2v) is 2.92. The molecule has 0 saturated carbocycles. The lowest BCUT2D eigenvalue weighted by molar-refractivity contribution is 0.624. The van der Waals surface area contributed by atoms with Crippen LogP contribution in [0.2, 0.25) is 0 Å². The summed E-state index contributed by atoms with van der Waals surface area (Å²) in [6.07, 6.45) is 1.22. The Kier molecular flexibility index (Phi) is 1.40. The van der Waals surface area contributed by atoms with E-state index in [4.69, 9.17) is 0 Å². The molecule has 3 heteroatoms. The number of H-pyrrole nitrogens is 1. The second kappa shape index (κ2) is 2.30. The van der Waals surface area contributed by atoms with Gasteiger partial charge in [0.05, 0.1) is 6.20 Å². The number of aromatic amines is 1. The van der Waals surface area contributed by atoms with Crippen LogP contribution in [0.3, 0.4) is 0 Å². The number of aromatic nitrogens is 2. The van der Waals surface area contributed by atoms with E-state index in [9.17, 15) is 4.39 Å². The number of halogens is 1. The fourth-order valence-electron chi connectivity index (χ4n) is 1.30. The van der Waals surface area contributed by atoms with E-state index in [1.54, 1.807) is 0 Å². The molecule has 0 aliphatic carbocycles. The molecule has 0 saturated heterocycles. The van der Waals surface area contributed by atoms with Gasteiger partial charge in [0.15, 0.2) is 0 Å². The third kappa shape index (κ3) is 0.897. The van der Waals surface area contributed by atoms with Gasteiger partial charge in [-0.1, -0.05) is 0 Å². The molecule has 1 N–H and O–H groups in total. The summed E-state index contributed by atoms with van der Waals surface area (Å²) in [5, 5.41) is 0.868. The van der Waals surface area contributed by atoms with Crippen LogP contribution in [0, 0.1) is 19.7 Å². The maximum atomic E-state index is 12.7. The van der Waals surface area contributed by atoms with Crippen molar-refractivity contribution in [1.82, 2.24) is 9.97 Å². The number of rotatable bonds is 0. The summed E-state index contributed by atoms with van der Waals surface area (Å²) >= 11 is 0. The van der Waals surface area contributed by atoms with Gasteiger partial charge in [-0.3, -0.25) is 0 Å². The minimum atomic E-state index is -0.287. The highest BCUT2D eigenvalue weighted by atomic mass is 19.1. The summed E-state index contributed by atoms with van der Waals surface area (Å²) in [6, 6.07) is 1.50. The number of fused-ring (bicyclic) bond motifs is 1. The smallest absolute Gasteiger partial charge is 0.142 e. The summed E-state index contributed by atoms with van der Waals surface area (Å²) < 4.78 is 12.7. The van der Waals surface area contributed by atoms with Crippen LogP contribution in [-0.4, -0.2) is 9.97 Å². The quantitative estimate of drug-likeness (QED) is 0.636. The summed E-state index contributed by atoms with van der Waals surface area (Å²) in [5.41, 5.74) is 2.87. The fourth-order valence-corrected chi connectivity index (χ4v) is 1.30. The zero-order chi connectivity index (χ0) is 8.72. The molecule has 0 amide bonds. The number of hydrogen-bond acceptors (Lipinski definition) is 1. The van der Waals surface area contributed by atoms with Gasteiger partial charge in [-0.15, -0.1) is 0 Å². The minimum absolute atomic E-state index is 0.287. The second-order valence-electron chi connectivity index (χ2n) is 2.92. The summed E-state index contributed by atoms with van der Waals surface area (Å²) in [4.78, 5) is 7.01. The van der Waals surface area contributed by atoms with Gasteiger partial charge < -0.3 is 4.98 Å². The van der Waals surface area contributed by atoms with Gasteiger partial charge in [-0.2, -0.15) is 0 Å². The topological polar surface area (TPSA) is 28.7 Å². The van der Waals surface area contributed by atoms with E-state index in [1.807, 2.05) is 13.8 Å².